The van der Waals surface area contributed by atoms with Gasteiger partial charge in [-0.25, -0.2) is 0 Å². The van der Waals surface area contributed by atoms with E-state index in [2.05, 4.69) is 50.1 Å². The minimum Gasteiger partial charge on any atom is -0.309 e. The van der Waals surface area contributed by atoms with Crippen molar-refractivity contribution in [3.63, 3.8) is 0 Å². The van der Waals surface area contributed by atoms with Crippen LogP contribution in [-0.4, -0.2) is 35.6 Å². The summed E-state index contributed by atoms with van der Waals surface area (Å²) in [6.45, 7) is 11.7. The molecule has 1 N–H and O–H groups in total. The van der Waals surface area contributed by atoms with Crippen molar-refractivity contribution in [2.24, 2.45) is 5.92 Å². The van der Waals surface area contributed by atoms with Crippen LogP contribution in [0.25, 0.3) is 0 Å². The van der Waals surface area contributed by atoms with Gasteiger partial charge >= 0.3 is 0 Å². The second-order valence-corrected chi connectivity index (χ2v) is 6.69. The molecule has 1 fully saturated rings. The van der Waals surface area contributed by atoms with E-state index in [4.69, 9.17) is 0 Å². The van der Waals surface area contributed by atoms with Gasteiger partial charge in [0.15, 0.2) is 0 Å². The summed E-state index contributed by atoms with van der Waals surface area (Å²) >= 11 is 0. The summed E-state index contributed by atoms with van der Waals surface area (Å²) in [5.41, 5.74) is 0.270. The molecule has 0 amide bonds. The van der Waals surface area contributed by atoms with Crippen molar-refractivity contribution in [2.45, 2.75) is 64.6 Å². The number of hydrogen-bond donors (Lipinski definition) is 1. The molecule has 2 nitrogen and oxygen atoms in total. The average molecular weight is 236 g/mol. The zero-order valence-electron chi connectivity index (χ0n) is 11.9. The van der Waals surface area contributed by atoms with Crippen LogP contribution in [0.4, 0.5) is 0 Å². The van der Waals surface area contributed by atoms with Gasteiger partial charge in [0, 0.05) is 30.7 Å². The van der Waals surface area contributed by atoms with Gasteiger partial charge < -0.3 is 5.32 Å². The van der Waals surface area contributed by atoms with Gasteiger partial charge in [-0.3, -0.25) is 4.90 Å². The summed E-state index contributed by atoms with van der Waals surface area (Å²) in [6.07, 6.45) is 8.57. The Morgan fingerprint density at radius 3 is 2.65 bits per heavy atom. The van der Waals surface area contributed by atoms with Crippen molar-refractivity contribution in [3.05, 3.63) is 12.2 Å². The molecule has 0 radical (unpaired) electrons. The predicted octanol–water partition coefficient (Wildman–Crippen LogP) is 2.80. The van der Waals surface area contributed by atoms with Crippen LogP contribution in [0, 0.1) is 5.92 Å². The molecule has 0 aromatic heterocycles. The van der Waals surface area contributed by atoms with Crippen LogP contribution in [0.5, 0.6) is 0 Å². The van der Waals surface area contributed by atoms with Crippen LogP contribution in [0.2, 0.25) is 0 Å². The predicted molar refractivity (Wildman–Crippen MR) is 74.2 cm³/mol. The minimum atomic E-state index is 0.270. The van der Waals surface area contributed by atoms with Gasteiger partial charge in [-0.1, -0.05) is 26.0 Å². The lowest BCUT2D eigenvalue weighted by molar-refractivity contribution is 0.0283. The summed E-state index contributed by atoms with van der Waals surface area (Å²) in [6, 6.07) is 1.48. The Hall–Kier alpha value is -0.340. The molecule has 2 unspecified atom stereocenters. The van der Waals surface area contributed by atoms with E-state index < -0.39 is 0 Å². The molecule has 2 aliphatic rings. The van der Waals surface area contributed by atoms with Gasteiger partial charge in [0.1, 0.15) is 0 Å². The summed E-state index contributed by atoms with van der Waals surface area (Å²) < 4.78 is 0. The van der Waals surface area contributed by atoms with Crippen molar-refractivity contribution in [1.29, 1.82) is 0 Å². The first kappa shape index (κ1) is 13.1. The fraction of sp³-hybridized carbons (Fsp3) is 0.867. The van der Waals surface area contributed by atoms with Crippen LogP contribution in [0.1, 0.15) is 47.0 Å². The summed E-state index contributed by atoms with van der Waals surface area (Å²) in [7, 11) is 0. The Balaban J connectivity index is 2.10. The smallest absolute Gasteiger partial charge is 0.0253 e. The van der Waals surface area contributed by atoms with Gasteiger partial charge in [0.2, 0.25) is 0 Å². The summed E-state index contributed by atoms with van der Waals surface area (Å²) in [5.74, 6) is 0.740. The van der Waals surface area contributed by atoms with Crippen LogP contribution in [0.3, 0.4) is 0 Å². The van der Waals surface area contributed by atoms with E-state index in [0.717, 1.165) is 18.5 Å². The molecular weight excluding hydrogens is 208 g/mol. The quantitative estimate of drug-likeness (QED) is 0.742. The van der Waals surface area contributed by atoms with E-state index in [-0.39, 0.29) is 5.54 Å². The van der Waals surface area contributed by atoms with Crippen molar-refractivity contribution in [2.75, 3.05) is 13.1 Å². The zero-order valence-corrected chi connectivity index (χ0v) is 11.9. The maximum atomic E-state index is 3.70. The van der Waals surface area contributed by atoms with Crippen molar-refractivity contribution in [3.8, 4) is 0 Å². The molecule has 0 aromatic rings. The number of piperazine rings is 1. The third-order valence-electron chi connectivity index (χ3n) is 4.27. The zero-order chi connectivity index (χ0) is 12.5. The SMILES string of the molecule is CC(C)C1CNC(C)(C)CN1C1CC=CCC1. The molecule has 1 aliphatic carbocycles. The van der Waals surface area contributed by atoms with E-state index in [1.54, 1.807) is 0 Å². The Kier molecular flexibility index (Phi) is 3.94. The monoisotopic (exact) mass is 236 g/mol. The first-order valence-corrected chi connectivity index (χ1v) is 7.15. The maximum Gasteiger partial charge on any atom is 0.0253 e. The van der Waals surface area contributed by atoms with Gasteiger partial charge in [0.25, 0.3) is 0 Å². The van der Waals surface area contributed by atoms with Gasteiger partial charge in [-0.2, -0.15) is 0 Å². The van der Waals surface area contributed by atoms with Crippen molar-refractivity contribution in [1.82, 2.24) is 10.2 Å². The van der Waals surface area contributed by atoms with Crippen LogP contribution in [-0.2, 0) is 0 Å². The molecule has 2 heteroatoms. The molecule has 2 atom stereocenters. The fourth-order valence-electron chi connectivity index (χ4n) is 3.23. The van der Waals surface area contributed by atoms with Crippen LogP contribution in [0.15, 0.2) is 12.2 Å². The first-order valence-electron chi connectivity index (χ1n) is 7.15. The van der Waals surface area contributed by atoms with Gasteiger partial charge in [-0.15, -0.1) is 0 Å². The Bertz CT molecular complexity index is 281. The van der Waals surface area contributed by atoms with Gasteiger partial charge in [-0.05, 0) is 39.0 Å². The van der Waals surface area contributed by atoms with E-state index in [1.165, 1.54) is 25.8 Å². The summed E-state index contributed by atoms with van der Waals surface area (Å²) in [4.78, 5) is 2.78. The molecule has 17 heavy (non-hydrogen) atoms. The topological polar surface area (TPSA) is 15.3 Å². The highest BCUT2D eigenvalue weighted by Gasteiger charge is 2.37. The first-order chi connectivity index (χ1) is 7.99. The molecule has 0 saturated carbocycles. The third kappa shape index (κ3) is 3.11. The summed E-state index contributed by atoms with van der Waals surface area (Å²) in [5, 5.41) is 3.70. The average Bonchev–Trinajstić information content (AvgIpc) is 2.28. The molecule has 0 aromatic carbocycles. The largest absolute Gasteiger partial charge is 0.309 e. The molecule has 1 heterocycles. The van der Waals surface area contributed by atoms with E-state index >= 15 is 0 Å². The highest BCUT2D eigenvalue weighted by molar-refractivity contribution is 5.00. The number of nitrogens with one attached hydrogen (secondary N) is 1. The number of nitrogens with zero attached hydrogens (tertiary/aromatic N) is 1. The Labute approximate surface area is 106 Å². The maximum absolute atomic E-state index is 3.70. The lowest BCUT2D eigenvalue weighted by atomic mass is 9.88. The molecule has 1 aliphatic heterocycles. The third-order valence-corrected chi connectivity index (χ3v) is 4.27. The van der Waals surface area contributed by atoms with E-state index in [1.807, 2.05) is 0 Å². The number of rotatable bonds is 2. The van der Waals surface area contributed by atoms with Crippen molar-refractivity contribution < 1.29 is 0 Å². The number of allylic oxidation sites excluding steroid dienone is 1. The highest BCUT2D eigenvalue weighted by Crippen LogP contribution is 2.27. The molecule has 98 valence electrons. The van der Waals surface area contributed by atoms with E-state index in [9.17, 15) is 0 Å². The molecule has 0 spiro atoms. The molecule has 0 bridgehead atoms. The molecule has 2 rings (SSSR count). The normalized spacial score (nSPS) is 34.2. The Morgan fingerprint density at radius 1 is 1.29 bits per heavy atom. The van der Waals surface area contributed by atoms with Crippen LogP contribution < -0.4 is 5.32 Å². The fourth-order valence-corrected chi connectivity index (χ4v) is 3.23. The molecule has 1 saturated heterocycles. The van der Waals surface area contributed by atoms with Gasteiger partial charge in [0.05, 0.1) is 0 Å². The second kappa shape index (κ2) is 5.11. The standard InChI is InChI=1S/C15H28N2/c1-12(2)14-10-16-15(3,4)11-17(14)13-8-6-5-7-9-13/h5-6,12-14,16H,7-11H2,1-4H3. The number of hydrogen-bond acceptors (Lipinski definition) is 2. The van der Waals surface area contributed by atoms with Crippen LogP contribution >= 0.6 is 0 Å². The lowest BCUT2D eigenvalue weighted by Crippen LogP contribution is -2.65. The second-order valence-electron chi connectivity index (χ2n) is 6.69. The highest BCUT2D eigenvalue weighted by atomic mass is 15.3. The Morgan fingerprint density at radius 2 is 2.06 bits per heavy atom. The lowest BCUT2D eigenvalue weighted by Gasteiger charge is -2.50. The molecular formula is C15H28N2. The van der Waals surface area contributed by atoms with Crippen molar-refractivity contribution >= 4 is 0 Å². The minimum absolute atomic E-state index is 0.270. The van der Waals surface area contributed by atoms with E-state index in [0.29, 0.717) is 6.04 Å².